The molecule has 228 valence electrons. The molecule has 5 aliphatic carbocycles. The molecule has 0 saturated heterocycles. The summed E-state index contributed by atoms with van der Waals surface area (Å²) in [6.45, 7) is 17.6. The van der Waals surface area contributed by atoms with Gasteiger partial charge in [-0.3, -0.25) is 4.79 Å². The predicted octanol–water partition coefficient (Wildman–Crippen LogP) is 9.30. The van der Waals surface area contributed by atoms with E-state index >= 15 is 0 Å². The van der Waals surface area contributed by atoms with Crippen LogP contribution in [0.25, 0.3) is 6.08 Å². The molecule has 2 N–H and O–H groups in total. The fraction of sp³-hybridized carbons (Fsp3) is 0.667. The van der Waals surface area contributed by atoms with Crippen LogP contribution >= 0.6 is 0 Å². The van der Waals surface area contributed by atoms with E-state index in [0.29, 0.717) is 23.9 Å². The Kier molecular flexibility index (Phi) is 6.90. The fourth-order valence-corrected chi connectivity index (χ4v) is 11.2. The number of allylic oxidation sites excluding steroid dienone is 5. The minimum atomic E-state index is -0.106. The molecule has 8 unspecified atom stereocenters. The van der Waals surface area contributed by atoms with Crippen LogP contribution in [0.15, 0.2) is 53.6 Å². The smallest absolute Gasteiger partial charge is 0.159 e. The zero-order valence-electron chi connectivity index (χ0n) is 27.2. The number of ketones is 1. The van der Waals surface area contributed by atoms with Crippen LogP contribution in [-0.2, 0) is 4.79 Å². The first-order valence-corrected chi connectivity index (χ1v) is 16.7. The highest BCUT2D eigenvalue weighted by molar-refractivity contribution is 5.96. The van der Waals surface area contributed by atoms with E-state index < -0.39 is 0 Å². The summed E-state index contributed by atoms with van der Waals surface area (Å²) in [5.74, 6) is 1.53. The minimum Gasteiger partial charge on any atom is -0.508 e. The van der Waals surface area contributed by atoms with E-state index in [1.54, 1.807) is 29.4 Å². The summed E-state index contributed by atoms with van der Waals surface area (Å²) in [6, 6.07) is 7.04. The van der Waals surface area contributed by atoms with Gasteiger partial charge in [0.2, 0.25) is 0 Å². The molecule has 3 fully saturated rings. The molecule has 6 rings (SSSR count). The molecule has 1 aromatic carbocycles. The van der Waals surface area contributed by atoms with Crippen molar-refractivity contribution in [2.45, 2.75) is 106 Å². The highest BCUT2D eigenvalue weighted by Crippen LogP contribution is 2.74. The normalized spacial score (nSPS) is 44.2. The van der Waals surface area contributed by atoms with E-state index in [0.717, 1.165) is 44.1 Å². The molecule has 0 radical (unpaired) electrons. The van der Waals surface area contributed by atoms with Gasteiger partial charge in [-0.1, -0.05) is 78.8 Å². The monoisotopic (exact) mass is 570 g/mol. The number of benzene rings is 1. The van der Waals surface area contributed by atoms with Gasteiger partial charge in [-0.2, -0.15) is 0 Å². The summed E-state index contributed by atoms with van der Waals surface area (Å²) in [5, 5.41) is 20.0. The third-order valence-electron chi connectivity index (χ3n) is 14.4. The maximum absolute atomic E-state index is 13.7. The fourth-order valence-electron chi connectivity index (χ4n) is 11.2. The van der Waals surface area contributed by atoms with E-state index in [1.165, 1.54) is 19.3 Å². The number of phenolic OH excluding ortho intramolecular Hbond substituents is 1. The lowest BCUT2D eigenvalue weighted by Crippen LogP contribution is -2.61. The Morgan fingerprint density at radius 2 is 1.57 bits per heavy atom. The molecule has 3 saturated carbocycles. The SMILES string of the molecule is CC1(CO)CCC2(C)CCC3(C)C4=CCC5C(C)(CCC(C(=O)C=Cc6ccc(O)cc6)C5(C)C)C4=CCC3(C)C2C1. The maximum Gasteiger partial charge on any atom is 0.159 e. The van der Waals surface area contributed by atoms with E-state index in [-0.39, 0.29) is 44.5 Å². The number of carbonyl (C=O) groups is 1. The van der Waals surface area contributed by atoms with Crippen molar-refractivity contribution in [3.8, 4) is 5.75 Å². The first-order chi connectivity index (χ1) is 19.6. The highest BCUT2D eigenvalue weighted by Gasteiger charge is 2.66. The third kappa shape index (κ3) is 4.19. The van der Waals surface area contributed by atoms with Gasteiger partial charge in [-0.25, -0.2) is 0 Å². The van der Waals surface area contributed by atoms with Crippen molar-refractivity contribution >= 4 is 11.9 Å². The lowest BCUT2D eigenvalue weighted by Gasteiger charge is -2.69. The van der Waals surface area contributed by atoms with Gasteiger partial charge in [0, 0.05) is 12.5 Å². The summed E-state index contributed by atoms with van der Waals surface area (Å²) < 4.78 is 0. The van der Waals surface area contributed by atoms with Crippen molar-refractivity contribution in [1.82, 2.24) is 0 Å². The van der Waals surface area contributed by atoms with Crippen LogP contribution in [-0.4, -0.2) is 22.6 Å². The molecule has 0 aliphatic heterocycles. The number of hydrogen-bond donors (Lipinski definition) is 2. The minimum absolute atomic E-state index is 0.0118. The average Bonchev–Trinajstić information content (AvgIpc) is 2.94. The van der Waals surface area contributed by atoms with Crippen LogP contribution in [0.3, 0.4) is 0 Å². The second-order valence-corrected chi connectivity index (χ2v) is 17.0. The molecule has 0 aromatic heterocycles. The molecular weight excluding hydrogens is 516 g/mol. The Balaban J connectivity index is 1.30. The summed E-state index contributed by atoms with van der Waals surface area (Å²) in [4.78, 5) is 13.7. The Hall–Kier alpha value is -2.13. The van der Waals surface area contributed by atoms with Gasteiger partial charge in [-0.05, 0) is 137 Å². The Morgan fingerprint density at radius 3 is 2.26 bits per heavy atom. The summed E-state index contributed by atoms with van der Waals surface area (Å²) in [6.07, 6.45) is 19.2. The number of hydrogen-bond acceptors (Lipinski definition) is 3. The Labute approximate surface area is 254 Å². The maximum atomic E-state index is 13.7. The number of aliphatic hydroxyl groups is 1. The molecule has 42 heavy (non-hydrogen) atoms. The quantitative estimate of drug-likeness (QED) is 0.355. The highest BCUT2D eigenvalue weighted by atomic mass is 16.3. The van der Waals surface area contributed by atoms with Gasteiger partial charge in [0.25, 0.3) is 0 Å². The van der Waals surface area contributed by atoms with E-state index in [9.17, 15) is 15.0 Å². The zero-order valence-corrected chi connectivity index (χ0v) is 27.2. The number of fused-ring (bicyclic) bond motifs is 7. The molecule has 8 atom stereocenters. The molecule has 1 aromatic rings. The topological polar surface area (TPSA) is 57.5 Å². The predicted molar refractivity (Wildman–Crippen MR) is 172 cm³/mol. The van der Waals surface area contributed by atoms with Crippen molar-refractivity contribution in [3.63, 3.8) is 0 Å². The van der Waals surface area contributed by atoms with Gasteiger partial charge in [0.15, 0.2) is 5.78 Å². The van der Waals surface area contributed by atoms with E-state index in [4.69, 9.17) is 0 Å². The van der Waals surface area contributed by atoms with Crippen molar-refractivity contribution < 1.29 is 15.0 Å². The van der Waals surface area contributed by atoms with Crippen LogP contribution in [0.1, 0.15) is 112 Å². The summed E-state index contributed by atoms with van der Waals surface area (Å²) in [7, 11) is 0. The van der Waals surface area contributed by atoms with Crippen molar-refractivity contribution in [2.24, 2.45) is 50.2 Å². The van der Waals surface area contributed by atoms with Crippen molar-refractivity contribution in [1.29, 1.82) is 0 Å². The van der Waals surface area contributed by atoms with Crippen LogP contribution in [0, 0.1) is 50.2 Å². The van der Waals surface area contributed by atoms with Gasteiger partial charge in [-0.15, -0.1) is 0 Å². The van der Waals surface area contributed by atoms with Crippen LogP contribution < -0.4 is 0 Å². The molecule has 0 amide bonds. The Morgan fingerprint density at radius 1 is 0.881 bits per heavy atom. The van der Waals surface area contributed by atoms with Gasteiger partial charge in [0.05, 0.1) is 0 Å². The summed E-state index contributed by atoms with van der Waals surface area (Å²) >= 11 is 0. The van der Waals surface area contributed by atoms with Crippen LogP contribution in [0.4, 0.5) is 0 Å². The van der Waals surface area contributed by atoms with E-state index in [1.807, 2.05) is 18.2 Å². The van der Waals surface area contributed by atoms with Crippen molar-refractivity contribution in [2.75, 3.05) is 6.61 Å². The summed E-state index contributed by atoms with van der Waals surface area (Å²) in [5.41, 5.74) is 4.89. The molecule has 5 aliphatic rings. The molecule has 3 heteroatoms. The Bertz CT molecular complexity index is 1350. The number of aliphatic hydroxyl groups excluding tert-OH is 1. The molecule has 0 spiro atoms. The first kappa shape index (κ1) is 29.9. The second kappa shape index (κ2) is 9.68. The molecule has 0 bridgehead atoms. The average molecular weight is 571 g/mol. The van der Waals surface area contributed by atoms with Gasteiger partial charge < -0.3 is 10.2 Å². The zero-order chi connectivity index (χ0) is 30.3. The third-order valence-corrected chi connectivity index (χ3v) is 14.4. The van der Waals surface area contributed by atoms with Crippen LogP contribution in [0.5, 0.6) is 5.75 Å². The van der Waals surface area contributed by atoms with Crippen LogP contribution in [0.2, 0.25) is 0 Å². The molecular formula is C39H54O3. The lowest BCUT2D eigenvalue weighted by atomic mass is 9.35. The van der Waals surface area contributed by atoms with Gasteiger partial charge in [0.1, 0.15) is 5.75 Å². The lowest BCUT2D eigenvalue weighted by molar-refractivity contribution is -0.149. The molecule has 0 heterocycles. The second-order valence-electron chi connectivity index (χ2n) is 17.0. The first-order valence-electron chi connectivity index (χ1n) is 16.7. The number of aromatic hydroxyl groups is 1. The standard InChI is InChI=1S/C39H54O3/c1-34(2)30(31(42)14-10-26-8-11-27(41)12-9-26)16-18-37(5)28-17-19-39(7)33-24-35(3,25-40)20-21-36(33,4)22-23-38(39,6)29(28)13-15-32(34)37/h8-14,17,30,32-33,40-41H,15-16,18-25H2,1-7H3. The molecule has 3 nitrogen and oxygen atoms in total. The van der Waals surface area contributed by atoms with E-state index in [2.05, 4.69) is 60.6 Å². The number of rotatable bonds is 4. The largest absolute Gasteiger partial charge is 0.508 e. The number of phenols is 1. The van der Waals surface area contributed by atoms with Gasteiger partial charge >= 0.3 is 0 Å². The number of carbonyl (C=O) groups excluding carboxylic acids is 1. The van der Waals surface area contributed by atoms with Crippen molar-refractivity contribution in [3.05, 3.63) is 59.2 Å².